The predicted molar refractivity (Wildman–Crippen MR) is 126 cm³/mol. The van der Waals surface area contributed by atoms with E-state index in [2.05, 4.69) is 43.5 Å². The maximum absolute atomic E-state index is 12.7. The summed E-state index contributed by atoms with van der Waals surface area (Å²) in [5.41, 5.74) is 1.97. The van der Waals surface area contributed by atoms with E-state index in [9.17, 15) is 4.79 Å². The number of likely N-dealkylation sites (tertiary alicyclic amines) is 1. The summed E-state index contributed by atoms with van der Waals surface area (Å²) in [6.07, 6.45) is 2.45. The van der Waals surface area contributed by atoms with E-state index in [0.717, 1.165) is 54.3 Å². The number of rotatable bonds is 8. The van der Waals surface area contributed by atoms with Crippen molar-refractivity contribution in [2.45, 2.75) is 58.0 Å². The van der Waals surface area contributed by atoms with Crippen LogP contribution < -0.4 is 9.47 Å². The summed E-state index contributed by atoms with van der Waals surface area (Å²) in [6, 6.07) is 15.9. The number of fused-ring (bicyclic) bond motifs is 1. The van der Waals surface area contributed by atoms with Gasteiger partial charge in [-0.05, 0) is 70.0 Å². The van der Waals surface area contributed by atoms with Gasteiger partial charge in [0.1, 0.15) is 17.3 Å². The second-order valence-electron chi connectivity index (χ2n) is 9.42. The van der Waals surface area contributed by atoms with Crippen molar-refractivity contribution in [2.24, 2.45) is 0 Å². The molecule has 0 aliphatic carbocycles. The smallest absolute Gasteiger partial charge is 0.223 e. The Bertz CT molecular complexity index is 1070. The lowest BCUT2D eigenvalue weighted by atomic mass is 10.1. The van der Waals surface area contributed by atoms with E-state index in [-0.39, 0.29) is 17.4 Å². The van der Waals surface area contributed by atoms with Gasteiger partial charge in [0.2, 0.25) is 5.91 Å². The molecule has 3 aromatic rings. The molecule has 4 rings (SSSR count). The molecule has 1 unspecified atom stereocenters. The lowest BCUT2D eigenvalue weighted by molar-refractivity contribution is -0.131. The van der Waals surface area contributed by atoms with Crippen molar-refractivity contribution < 1.29 is 14.3 Å². The van der Waals surface area contributed by atoms with Crippen LogP contribution in [-0.2, 0) is 11.3 Å². The van der Waals surface area contributed by atoms with Gasteiger partial charge in [-0.1, -0.05) is 12.1 Å². The normalized spacial score (nSPS) is 16.7. The van der Waals surface area contributed by atoms with Crippen LogP contribution in [-0.4, -0.2) is 46.2 Å². The van der Waals surface area contributed by atoms with Crippen LogP contribution in [0.25, 0.3) is 11.0 Å². The number of hydrogen-bond acceptors (Lipinski definition) is 4. The molecule has 0 radical (unpaired) electrons. The lowest BCUT2D eigenvalue weighted by Gasteiger charge is -2.32. The second kappa shape index (κ2) is 9.23. The number of imidazole rings is 1. The minimum absolute atomic E-state index is 0.129. The van der Waals surface area contributed by atoms with E-state index in [1.165, 1.54) is 0 Å². The van der Waals surface area contributed by atoms with Crippen molar-refractivity contribution in [1.29, 1.82) is 0 Å². The highest BCUT2D eigenvalue weighted by atomic mass is 16.5. The Morgan fingerprint density at radius 3 is 2.44 bits per heavy atom. The van der Waals surface area contributed by atoms with E-state index < -0.39 is 0 Å². The molecule has 1 aromatic heterocycles. The summed E-state index contributed by atoms with van der Waals surface area (Å²) in [6.45, 7) is 8.54. The molecular formula is C26H33N3O3. The maximum Gasteiger partial charge on any atom is 0.223 e. The average Bonchev–Trinajstić information content (AvgIpc) is 3.34. The first kappa shape index (κ1) is 22.2. The molecule has 170 valence electrons. The Kier molecular flexibility index (Phi) is 6.40. The predicted octanol–water partition coefficient (Wildman–Crippen LogP) is 5.02. The van der Waals surface area contributed by atoms with Gasteiger partial charge in [-0.2, -0.15) is 0 Å². The zero-order valence-corrected chi connectivity index (χ0v) is 19.5. The van der Waals surface area contributed by atoms with Crippen LogP contribution in [0.1, 0.15) is 51.8 Å². The van der Waals surface area contributed by atoms with Crippen LogP contribution in [0.4, 0.5) is 0 Å². The van der Waals surface area contributed by atoms with Crippen molar-refractivity contribution in [3.05, 3.63) is 54.4 Å². The SMILES string of the molecule is COc1ccc(OCCCCn2c(C3CC(=O)N(C(C)(C)C)C3)nc3ccccc32)cc1. The quantitative estimate of drug-likeness (QED) is 0.466. The first-order chi connectivity index (χ1) is 15.4. The molecular weight excluding hydrogens is 402 g/mol. The third-order valence-electron chi connectivity index (χ3n) is 6.09. The van der Waals surface area contributed by atoms with Crippen molar-refractivity contribution in [3.8, 4) is 11.5 Å². The lowest BCUT2D eigenvalue weighted by Crippen LogP contribution is -2.42. The van der Waals surface area contributed by atoms with Crippen LogP contribution in [0.3, 0.4) is 0 Å². The number of aryl methyl sites for hydroxylation is 1. The summed E-state index contributed by atoms with van der Waals surface area (Å²) in [4.78, 5) is 19.6. The fourth-order valence-corrected chi connectivity index (χ4v) is 4.40. The van der Waals surface area contributed by atoms with Gasteiger partial charge in [0, 0.05) is 31.0 Å². The fraction of sp³-hybridized carbons (Fsp3) is 0.462. The van der Waals surface area contributed by atoms with Crippen molar-refractivity contribution in [2.75, 3.05) is 20.3 Å². The van der Waals surface area contributed by atoms with Crippen LogP contribution in [0.2, 0.25) is 0 Å². The summed E-state index contributed by atoms with van der Waals surface area (Å²) in [7, 11) is 1.66. The highest BCUT2D eigenvalue weighted by Crippen LogP contribution is 2.34. The van der Waals surface area contributed by atoms with E-state index in [0.29, 0.717) is 13.0 Å². The Hall–Kier alpha value is -3.02. The monoisotopic (exact) mass is 435 g/mol. The van der Waals surface area contributed by atoms with E-state index in [1.54, 1.807) is 7.11 Å². The molecule has 0 N–H and O–H groups in total. The molecule has 2 aromatic carbocycles. The summed E-state index contributed by atoms with van der Waals surface area (Å²) < 4.78 is 13.4. The number of para-hydroxylation sites is 2. The second-order valence-corrected chi connectivity index (χ2v) is 9.42. The highest BCUT2D eigenvalue weighted by molar-refractivity contribution is 5.81. The van der Waals surface area contributed by atoms with Crippen molar-refractivity contribution >= 4 is 16.9 Å². The van der Waals surface area contributed by atoms with Crippen LogP contribution >= 0.6 is 0 Å². The first-order valence-corrected chi connectivity index (χ1v) is 11.4. The fourth-order valence-electron chi connectivity index (χ4n) is 4.40. The van der Waals surface area contributed by atoms with E-state index >= 15 is 0 Å². The molecule has 1 fully saturated rings. The molecule has 1 saturated heterocycles. The first-order valence-electron chi connectivity index (χ1n) is 11.4. The molecule has 2 heterocycles. The minimum atomic E-state index is -0.165. The molecule has 1 aliphatic rings. The molecule has 0 saturated carbocycles. The molecule has 1 aliphatic heterocycles. The van der Waals surface area contributed by atoms with Crippen LogP contribution in [0, 0.1) is 0 Å². The third-order valence-corrected chi connectivity index (χ3v) is 6.09. The summed E-state index contributed by atoms with van der Waals surface area (Å²) in [5, 5.41) is 0. The Morgan fingerprint density at radius 2 is 1.75 bits per heavy atom. The van der Waals surface area contributed by atoms with E-state index in [4.69, 9.17) is 14.5 Å². The average molecular weight is 436 g/mol. The van der Waals surface area contributed by atoms with Gasteiger partial charge >= 0.3 is 0 Å². The number of amides is 1. The number of ether oxygens (including phenoxy) is 2. The Morgan fingerprint density at radius 1 is 1.03 bits per heavy atom. The maximum atomic E-state index is 12.7. The number of nitrogens with zero attached hydrogens (tertiary/aromatic N) is 3. The van der Waals surface area contributed by atoms with Gasteiger partial charge in [-0.15, -0.1) is 0 Å². The van der Waals surface area contributed by atoms with Gasteiger partial charge in [0.05, 0.1) is 24.8 Å². The molecule has 6 heteroatoms. The van der Waals surface area contributed by atoms with Gasteiger partial charge in [-0.25, -0.2) is 4.98 Å². The molecule has 0 bridgehead atoms. The van der Waals surface area contributed by atoms with Gasteiger partial charge < -0.3 is 18.9 Å². The van der Waals surface area contributed by atoms with Crippen LogP contribution in [0.15, 0.2) is 48.5 Å². The van der Waals surface area contributed by atoms with Crippen LogP contribution in [0.5, 0.6) is 11.5 Å². The van der Waals surface area contributed by atoms with Crippen molar-refractivity contribution in [1.82, 2.24) is 14.5 Å². The number of benzene rings is 2. The number of unbranched alkanes of at least 4 members (excludes halogenated alkanes) is 1. The highest BCUT2D eigenvalue weighted by Gasteiger charge is 2.38. The summed E-state index contributed by atoms with van der Waals surface area (Å²) >= 11 is 0. The Labute approximate surface area is 190 Å². The number of methoxy groups -OCH3 is 1. The third kappa shape index (κ3) is 4.74. The van der Waals surface area contributed by atoms with Gasteiger partial charge in [0.15, 0.2) is 0 Å². The van der Waals surface area contributed by atoms with Crippen molar-refractivity contribution in [3.63, 3.8) is 0 Å². The molecule has 1 amide bonds. The standard InChI is InChI=1S/C26H33N3O3/c1-26(2,3)29-18-19(17-24(29)30)25-27-22-9-5-6-10-23(22)28(25)15-7-8-16-32-21-13-11-20(31-4)12-14-21/h5-6,9-14,19H,7-8,15-18H2,1-4H3. The zero-order valence-electron chi connectivity index (χ0n) is 19.5. The topological polar surface area (TPSA) is 56.6 Å². The van der Waals surface area contributed by atoms with Gasteiger partial charge in [0.25, 0.3) is 0 Å². The number of aromatic nitrogens is 2. The largest absolute Gasteiger partial charge is 0.497 e. The van der Waals surface area contributed by atoms with E-state index in [1.807, 2.05) is 35.2 Å². The number of hydrogen-bond donors (Lipinski definition) is 0. The summed E-state index contributed by atoms with van der Waals surface area (Å²) in [5.74, 6) is 3.06. The minimum Gasteiger partial charge on any atom is -0.497 e. The molecule has 1 atom stereocenters. The Balaban J connectivity index is 1.42. The number of carbonyl (C=O) groups is 1. The molecule has 0 spiro atoms. The van der Waals surface area contributed by atoms with Gasteiger partial charge in [-0.3, -0.25) is 4.79 Å². The molecule has 6 nitrogen and oxygen atoms in total. The number of carbonyl (C=O) groups excluding carboxylic acids is 1. The molecule has 32 heavy (non-hydrogen) atoms. The zero-order chi connectivity index (χ0) is 22.7.